The van der Waals surface area contributed by atoms with Crippen molar-refractivity contribution in [2.24, 2.45) is 0 Å². The van der Waals surface area contributed by atoms with Gasteiger partial charge < -0.3 is 10.4 Å². The minimum atomic E-state index is -1.21. The van der Waals surface area contributed by atoms with Crippen LogP contribution in [0, 0.1) is 0 Å². The summed E-state index contributed by atoms with van der Waals surface area (Å²) in [6.45, 7) is -0.230. The number of hydrogen-bond donors (Lipinski definition) is 2. The highest BCUT2D eigenvalue weighted by molar-refractivity contribution is 7.16. The predicted molar refractivity (Wildman–Crippen MR) is 85.5 cm³/mol. The van der Waals surface area contributed by atoms with Gasteiger partial charge in [-0.25, -0.2) is 9.78 Å². The summed E-state index contributed by atoms with van der Waals surface area (Å²) >= 11 is 1.36. The Morgan fingerprint density at radius 1 is 1.35 bits per heavy atom. The van der Waals surface area contributed by atoms with Crippen LogP contribution in [-0.4, -0.2) is 32.1 Å². The Morgan fingerprint density at radius 2 is 2.09 bits per heavy atom. The van der Waals surface area contributed by atoms with E-state index in [1.165, 1.54) is 22.2 Å². The molecule has 1 fully saturated rings. The summed E-state index contributed by atoms with van der Waals surface area (Å²) in [5, 5.41) is 14.3. The second kappa shape index (κ2) is 6.11. The number of aliphatic carboxylic acids is 1. The van der Waals surface area contributed by atoms with Crippen LogP contribution >= 0.6 is 11.3 Å². The monoisotopic (exact) mass is 335 g/mol. The Bertz CT molecular complexity index is 804. The number of fused-ring (bicyclic) bond motifs is 1. The predicted octanol–water partition coefficient (Wildman–Crippen LogP) is 1.36. The van der Waals surface area contributed by atoms with E-state index in [4.69, 9.17) is 0 Å². The Balaban J connectivity index is 1.78. The lowest BCUT2D eigenvalue weighted by atomic mass is 9.81. The zero-order valence-electron chi connectivity index (χ0n) is 12.4. The molecule has 3 rings (SSSR count). The minimum absolute atomic E-state index is 0.230. The van der Waals surface area contributed by atoms with Crippen LogP contribution in [-0.2, 0) is 16.1 Å². The molecular weight excluding hydrogens is 318 g/mol. The van der Waals surface area contributed by atoms with Gasteiger partial charge in [0.2, 0.25) is 5.91 Å². The molecule has 7 nitrogen and oxygen atoms in total. The highest BCUT2D eigenvalue weighted by Gasteiger charge is 2.40. The van der Waals surface area contributed by atoms with E-state index in [-0.39, 0.29) is 12.1 Å². The van der Waals surface area contributed by atoms with Crippen LogP contribution in [0.1, 0.15) is 32.1 Å². The van der Waals surface area contributed by atoms with Crippen molar-refractivity contribution < 1.29 is 14.7 Å². The maximum Gasteiger partial charge on any atom is 0.329 e. The van der Waals surface area contributed by atoms with Crippen LogP contribution in [0.15, 0.2) is 22.6 Å². The van der Waals surface area contributed by atoms with Crippen molar-refractivity contribution in [2.75, 3.05) is 0 Å². The molecule has 8 heteroatoms. The van der Waals surface area contributed by atoms with Gasteiger partial charge in [-0.3, -0.25) is 14.2 Å². The van der Waals surface area contributed by atoms with E-state index in [1.807, 2.05) is 0 Å². The summed E-state index contributed by atoms with van der Waals surface area (Å²) in [4.78, 5) is 40.9. The van der Waals surface area contributed by atoms with Gasteiger partial charge >= 0.3 is 5.97 Å². The molecule has 1 aliphatic rings. The van der Waals surface area contributed by atoms with Gasteiger partial charge in [-0.15, -0.1) is 11.3 Å². The van der Waals surface area contributed by atoms with Crippen molar-refractivity contribution in [1.29, 1.82) is 0 Å². The van der Waals surface area contributed by atoms with Gasteiger partial charge in [0.1, 0.15) is 16.9 Å². The van der Waals surface area contributed by atoms with E-state index >= 15 is 0 Å². The summed E-state index contributed by atoms with van der Waals surface area (Å²) in [5.41, 5.74) is -1.50. The number of hydrogen-bond acceptors (Lipinski definition) is 5. The molecule has 2 aromatic heterocycles. The second-order valence-electron chi connectivity index (χ2n) is 5.81. The topological polar surface area (TPSA) is 101 Å². The second-order valence-corrected chi connectivity index (χ2v) is 6.71. The molecule has 0 atom stereocenters. The molecule has 1 saturated carbocycles. The van der Waals surface area contributed by atoms with Gasteiger partial charge in [-0.05, 0) is 24.3 Å². The molecule has 2 heterocycles. The molecule has 2 aromatic rings. The lowest BCUT2D eigenvalue weighted by Gasteiger charge is -2.34. The smallest absolute Gasteiger partial charge is 0.329 e. The van der Waals surface area contributed by atoms with Gasteiger partial charge in [-0.1, -0.05) is 19.3 Å². The maximum atomic E-state index is 12.3. The fraction of sp³-hybridized carbons (Fsp3) is 0.467. The number of carboxylic acid groups (broad SMARTS) is 1. The van der Waals surface area contributed by atoms with Gasteiger partial charge in [0.25, 0.3) is 5.56 Å². The van der Waals surface area contributed by atoms with E-state index in [2.05, 4.69) is 10.3 Å². The van der Waals surface area contributed by atoms with Gasteiger partial charge in [0.15, 0.2) is 0 Å². The standard InChI is InChI=1S/C15H17N3O4S/c19-11(17-15(14(21)22)5-2-1-3-6-15)8-18-9-16-12-10(13(18)20)4-7-23-12/h4,7,9H,1-3,5-6,8H2,(H,17,19)(H,21,22). The molecule has 0 aromatic carbocycles. The first kappa shape index (κ1) is 15.7. The number of carboxylic acids is 1. The van der Waals surface area contributed by atoms with E-state index in [0.29, 0.717) is 23.1 Å². The maximum absolute atomic E-state index is 12.3. The van der Waals surface area contributed by atoms with E-state index in [9.17, 15) is 19.5 Å². The van der Waals surface area contributed by atoms with E-state index in [1.54, 1.807) is 11.4 Å². The molecule has 0 unspecified atom stereocenters. The summed E-state index contributed by atoms with van der Waals surface area (Å²) in [6.07, 6.45) is 4.69. The van der Waals surface area contributed by atoms with Gasteiger partial charge in [-0.2, -0.15) is 0 Å². The highest BCUT2D eigenvalue weighted by atomic mass is 32.1. The fourth-order valence-electron chi connectivity index (χ4n) is 3.01. The van der Waals surface area contributed by atoms with Crippen molar-refractivity contribution in [3.63, 3.8) is 0 Å². The normalized spacial score (nSPS) is 17.0. The molecule has 0 aliphatic heterocycles. The molecular formula is C15H17N3O4S. The molecule has 0 spiro atoms. The largest absolute Gasteiger partial charge is 0.480 e. The first-order valence-corrected chi connectivity index (χ1v) is 8.37. The summed E-state index contributed by atoms with van der Waals surface area (Å²) in [7, 11) is 0. The first-order chi connectivity index (χ1) is 11.0. The van der Waals surface area contributed by atoms with E-state index in [0.717, 1.165) is 19.3 Å². The number of amides is 1. The molecule has 23 heavy (non-hydrogen) atoms. The molecule has 1 amide bonds. The molecule has 0 saturated heterocycles. The zero-order valence-corrected chi connectivity index (χ0v) is 13.3. The van der Waals surface area contributed by atoms with Crippen LogP contribution in [0.2, 0.25) is 0 Å². The Kier molecular flexibility index (Phi) is 4.16. The molecule has 0 bridgehead atoms. The van der Waals surface area contributed by atoms with Gasteiger partial charge in [0.05, 0.1) is 11.7 Å². The van der Waals surface area contributed by atoms with Crippen molar-refractivity contribution >= 4 is 33.4 Å². The Hall–Kier alpha value is -2.22. The lowest BCUT2D eigenvalue weighted by Crippen LogP contribution is -2.56. The average Bonchev–Trinajstić information content (AvgIpc) is 3.00. The van der Waals surface area contributed by atoms with Crippen LogP contribution in [0.25, 0.3) is 10.2 Å². The van der Waals surface area contributed by atoms with Crippen molar-refractivity contribution in [3.8, 4) is 0 Å². The summed E-state index contributed by atoms with van der Waals surface area (Å²) in [5.74, 6) is -1.49. The fourth-order valence-corrected chi connectivity index (χ4v) is 3.74. The molecule has 1 aliphatic carbocycles. The summed E-state index contributed by atoms with van der Waals surface area (Å²) in [6, 6.07) is 1.67. The molecule has 0 radical (unpaired) electrons. The lowest BCUT2D eigenvalue weighted by molar-refractivity contribution is -0.149. The van der Waals surface area contributed by atoms with Crippen molar-refractivity contribution in [1.82, 2.24) is 14.9 Å². The van der Waals surface area contributed by atoms with Crippen molar-refractivity contribution in [2.45, 2.75) is 44.2 Å². The number of carbonyl (C=O) groups excluding carboxylic acids is 1. The van der Waals surface area contributed by atoms with Crippen molar-refractivity contribution in [3.05, 3.63) is 28.1 Å². The third-order valence-corrected chi connectivity index (χ3v) is 5.08. The number of rotatable bonds is 4. The number of thiophene rings is 1. The van der Waals surface area contributed by atoms with Crippen LogP contribution in [0.3, 0.4) is 0 Å². The van der Waals surface area contributed by atoms with Gasteiger partial charge in [0, 0.05) is 0 Å². The van der Waals surface area contributed by atoms with Crippen LogP contribution in [0.5, 0.6) is 0 Å². The van der Waals surface area contributed by atoms with Crippen LogP contribution < -0.4 is 10.9 Å². The number of nitrogens with one attached hydrogen (secondary N) is 1. The zero-order chi connectivity index (χ0) is 16.4. The summed E-state index contributed by atoms with van der Waals surface area (Å²) < 4.78 is 1.21. The first-order valence-electron chi connectivity index (χ1n) is 7.49. The minimum Gasteiger partial charge on any atom is -0.480 e. The highest BCUT2D eigenvalue weighted by Crippen LogP contribution is 2.28. The SMILES string of the molecule is O=C(Cn1cnc2sccc2c1=O)NC1(C(=O)O)CCCCC1. The third kappa shape index (κ3) is 2.98. The number of carbonyl (C=O) groups is 2. The Morgan fingerprint density at radius 3 is 2.78 bits per heavy atom. The van der Waals surface area contributed by atoms with Crippen LogP contribution in [0.4, 0.5) is 0 Å². The van der Waals surface area contributed by atoms with E-state index < -0.39 is 17.4 Å². The molecule has 122 valence electrons. The third-order valence-electron chi connectivity index (χ3n) is 4.26. The average molecular weight is 335 g/mol. The Labute approximate surface area is 136 Å². The number of aromatic nitrogens is 2. The molecule has 2 N–H and O–H groups in total. The quantitative estimate of drug-likeness (QED) is 0.878. The number of nitrogens with zero attached hydrogens (tertiary/aromatic N) is 2.